The summed E-state index contributed by atoms with van der Waals surface area (Å²) in [7, 11) is 0. The minimum Gasteiger partial charge on any atom is -0.480 e. The molecule has 0 aliphatic carbocycles. The van der Waals surface area contributed by atoms with Gasteiger partial charge in [0.15, 0.2) is 0 Å². The molecule has 0 aromatic heterocycles. The third-order valence-corrected chi connectivity index (χ3v) is 6.40. The van der Waals surface area contributed by atoms with Crippen molar-refractivity contribution < 1.29 is 24.3 Å². The van der Waals surface area contributed by atoms with Crippen molar-refractivity contribution in [2.45, 2.75) is 36.1 Å². The molecule has 5 amide bonds. The highest BCUT2D eigenvalue weighted by molar-refractivity contribution is 8.01. The Bertz CT molecular complexity index is 834. The normalized spacial score (nSPS) is 23.5. The second kappa shape index (κ2) is 8.92. The molecule has 162 valence electrons. The van der Waals surface area contributed by atoms with Crippen LogP contribution in [0.1, 0.15) is 25.5 Å². The molecule has 0 bridgehead atoms. The number of rotatable bonds is 6. The number of nitrogens with one attached hydrogen (secondary N) is 4. The Balaban J connectivity index is 1.66. The molecule has 1 aromatic carbocycles. The van der Waals surface area contributed by atoms with Crippen LogP contribution in [-0.4, -0.2) is 69.7 Å². The van der Waals surface area contributed by atoms with E-state index in [9.17, 15) is 24.3 Å². The summed E-state index contributed by atoms with van der Waals surface area (Å²) in [6, 6.07) is 5.81. The second-order valence-corrected chi connectivity index (χ2v) is 9.43. The molecule has 2 fully saturated rings. The summed E-state index contributed by atoms with van der Waals surface area (Å²) < 4.78 is -0.530. The topological polar surface area (TPSA) is 140 Å². The van der Waals surface area contributed by atoms with Gasteiger partial charge in [0.25, 0.3) is 0 Å². The van der Waals surface area contributed by atoms with Crippen molar-refractivity contribution >= 4 is 35.7 Å². The van der Waals surface area contributed by atoms with Gasteiger partial charge in [-0.3, -0.25) is 14.9 Å². The van der Waals surface area contributed by atoms with Crippen molar-refractivity contribution in [3.8, 4) is 0 Å². The maximum Gasteiger partial charge on any atom is 0.326 e. The van der Waals surface area contributed by atoms with Crippen LogP contribution in [0.3, 0.4) is 0 Å². The van der Waals surface area contributed by atoms with Crippen LogP contribution in [-0.2, 0) is 9.59 Å². The molecule has 2 aliphatic rings. The molecule has 3 atom stereocenters. The van der Waals surface area contributed by atoms with Gasteiger partial charge < -0.3 is 21.1 Å². The zero-order valence-corrected chi connectivity index (χ0v) is 17.5. The van der Waals surface area contributed by atoms with Gasteiger partial charge in [-0.2, -0.15) is 0 Å². The maximum absolute atomic E-state index is 12.9. The van der Waals surface area contributed by atoms with E-state index in [0.717, 1.165) is 4.90 Å². The molecule has 10 nitrogen and oxygen atoms in total. The van der Waals surface area contributed by atoms with E-state index in [-0.39, 0.29) is 18.5 Å². The Labute approximate surface area is 178 Å². The van der Waals surface area contributed by atoms with Crippen LogP contribution < -0.4 is 21.3 Å². The summed E-state index contributed by atoms with van der Waals surface area (Å²) in [6.07, 6.45) is 0. The average molecular weight is 436 g/mol. The fourth-order valence-corrected chi connectivity index (χ4v) is 4.84. The SMILES string of the molecule is CC1(C)SC(CNC(=O)C(NC(=O)N2CCNC2=O)c2ccccc2)N[C@H]1C(=O)O. The predicted molar refractivity (Wildman–Crippen MR) is 111 cm³/mol. The number of urea groups is 2. The predicted octanol–water partition coefficient (Wildman–Crippen LogP) is 0.473. The second-order valence-electron chi connectivity index (χ2n) is 7.57. The van der Waals surface area contributed by atoms with Gasteiger partial charge in [-0.15, -0.1) is 11.8 Å². The number of aliphatic carboxylic acids is 1. The van der Waals surface area contributed by atoms with E-state index in [1.807, 2.05) is 13.8 Å². The van der Waals surface area contributed by atoms with E-state index >= 15 is 0 Å². The van der Waals surface area contributed by atoms with Crippen LogP contribution in [0.15, 0.2) is 30.3 Å². The summed E-state index contributed by atoms with van der Waals surface area (Å²) in [5, 5.41) is 20.0. The quantitative estimate of drug-likeness (QED) is 0.438. The Morgan fingerprint density at radius 3 is 2.57 bits per heavy atom. The van der Waals surface area contributed by atoms with Gasteiger partial charge in [0.05, 0.1) is 5.37 Å². The maximum atomic E-state index is 12.9. The molecule has 0 radical (unpaired) electrons. The summed E-state index contributed by atoms with van der Waals surface area (Å²) in [5.74, 6) is -1.40. The van der Waals surface area contributed by atoms with Gasteiger partial charge in [0.2, 0.25) is 5.91 Å². The zero-order chi connectivity index (χ0) is 21.9. The molecule has 2 heterocycles. The van der Waals surface area contributed by atoms with Crippen LogP contribution in [0, 0.1) is 0 Å². The number of carboxylic acid groups (broad SMARTS) is 1. The number of carbonyl (C=O) groups excluding carboxylic acids is 3. The molecule has 0 spiro atoms. The Morgan fingerprint density at radius 1 is 1.30 bits per heavy atom. The molecule has 0 saturated carbocycles. The van der Waals surface area contributed by atoms with E-state index in [1.165, 1.54) is 11.8 Å². The number of carbonyl (C=O) groups is 4. The van der Waals surface area contributed by atoms with Crippen LogP contribution in [0.25, 0.3) is 0 Å². The van der Waals surface area contributed by atoms with Crippen LogP contribution in [0.2, 0.25) is 0 Å². The first-order valence-corrected chi connectivity index (χ1v) is 10.4. The van der Waals surface area contributed by atoms with E-state index in [0.29, 0.717) is 12.1 Å². The summed E-state index contributed by atoms with van der Waals surface area (Å²) in [6.45, 7) is 4.43. The fourth-order valence-electron chi connectivity index (χ4n) is 3.43. The molecule has 5 N–H and O–H groups in total. The number of hydrogen-bond donors (Lipinski definition) is 5. The molecule has 2 unspecified atom stereocenters. The highest BCUT2D eigenvalue weighted by atomic mass is 32.2. The van der Waals surface area contributed by atoms with E-state index < -0.39 is 40.8 Å². The number of benzene rings is 1. The Hall–Kier alpha value is -2.79. The van der Waals surface area contributed by atoms with E-state index in [4.69, 9.17) is 0 Å². The minimum absolute atomic E-state index is 0.181. The van der Waals surface area contributed by atoms with Crippen LogP contribution in [0.5, 0.6) is 0 Å². The highest BCUT2D eigenvalue weighted by Gasteiger charge is 2.45. The molecular formula is C19H25N5O5S. The lowest BCUT2D eigenvalue weighted by molar-refractivity contribution is -0.139. The molecule has 11 heteroatoms. The average Bonchev–Trinajstić information content (AvgIpc) is 3.26. The highest BCUT2D eigenvalue weighted by Crippen LogP contribution is 2.37. The van der Waals surface area contributed by atoms with Gasteiger partial charge >= 0.3 is 18.0 Å². The zero-order valence-electron chi connectivity index (χ0n) is 16.7. The fraction of sp³-hybridized carbons (Fsp3) is 0.474. The monoisotopic (exact) mass is 435 g/mol. The van der Waals surface area contributed by atoms with Crippen LogP contribution in [0.4, 0.5) is 9.59 Å². The molecule has 2 aliphatic heterocycles. The van der Waals surface area contributed by atoms with Crippen LogP contribution >= 0.6 is 11.8 Å². The minimum atomic E-state index is -0.998. The molecule has 2 saturated heterocycles. The lowest BCUT2D eigenvalue weighted by atomic mass is 10.0. The lowest BCUT2D eigenvalue weighted by Crippen LogP contribution is -2.49. The number of imide groups is 1. The smallest absolute Gasteiger partial charge is 0.326 e. The lowest BCUT2D eigenvalue weighted by Gasteiger charge is -2.22. The molecule has 30 heavy (non-hydrogen) atoms. The largest absolute Gasteiger partial charge is 0.480 e. The number of nitrogens with zero attached hydrogens (tertiary/aromatic N) is 1. The first kappa shape index (κ1) is 21.9. The molecule has 3 rings (SSSR count). The summed E-state index contributed by atoms with van der Waals surface area (Å²) in [4.78, 5) is 49.6. The standard InChI is InChI=1S/C19H25N5O5S/c1-19(2)14(16(26)27)22-12(30-19)10-21-15(25)13(11-6-4-3-5-7-11)23-18(29)24-9-8-20-17(24)28/h3-7,12-14,22H,8-10H2,1-2H3,(H,20,28)(H,21,25)(H,23,29)(H,26,27)/t12?,13?,14-/m0/s1. The van der Waals surface area contributed by atoms with Crippen molar-refractivity contribution in [1.82, 2.24) is 26.2 Å². The van der Waals surface area contributed by atoms with Crippen molar-refractivity contribution in [2.75, 3.05) is 19.6 Å². The van der Waals surface area contributed by atoms with Gasteiger partial charge in [0, 0.05) is 24.4 Å². The van der Waals surface area contributed by atoms with E-state index in [2.05, 4.69) is 21.3 Å². The number of carboxylic acids is 1. The van der Waals surface area contributed by atoms with Gasteiger partial charge in [-0.05, 0) is 19.4 Å². The van der Waals surface area contributed by atoms with Crippen molar-refractivity contribution in [3.05, 3.63) is 35.9 Å². The third kappa shape index (κ3) is 4.85. The summed E-state index contributed by atoms with van der Waals surface area (Å²) >= 11 is 1.43. The number of hydrogen-bond acceptors (Lipinski definition) is 6. The van der Waals surface area contributed by atoms with E-state index in [1.54, 1.807) is 30.3 Å². The number of thioether (sulfide) groups is 1. The third-order valence-electron chi connectivity index (χ3n) is 4.97. The van der Waals surface area contributed by atoms with Crippen molar-refractivity contribution in [2.24, 2.45) is 0 Å². The molecular weight excluding hydrogens is 410 g/mol. The Morgan fingerprint density at radius 2 is 2.00 bits per heavy atom. The number of amides is 5. The first-order valence-electron chi connectivity index (χ1n) is 9.54. The molecule has 1 aromatic rings. The Kier molecular flexibility index (Phi) is 6.52. The van der Waals surface area contributed by atoms with Gasteiger partial charge in [-0.25, -0.2) is 14.5 Å². The van der Waals surface area contributed by atoms with Gasteiger partial charge in [-0.1, -0.05) is 30.3 Å². The van der Waals surface area contributed by atoms with Crippen molar-refractivity contribution in [3.63, 3.8) is 0 Å². The van der Waals surface area contributed by atoms with Crippen molar-refractivity contribution in [1.29, 1.82) is 0 Å². The van der Waals surface area contributed by atoms with Gasteiger partial charge in [0.1, 0.15) is 12.1 Å². The summed E-state index contributed by atoms with van der Waals surface area (Å²) in [5.41, 5.74) is 0.568. The first-order chi connectivity index (χ1) is 14.2.